The zero-order chi connectivity index (χ0) is 13.1. The van der Waals surface area contributed by atoms with Crippen LogP contribution in [0.15, 0.2) is 17.0 Å². The summed E-state index contributed by atoms with van der Waals surface area (Å²) in [4.78, 5) is -0.687. The largest absolute Gasteiger partial charge is 0.489 e. The molecule has 0 heterocycles. The van der Waals surface area contributed by atoms with Gasteiger partial charge in [-0.15, -0.1) is 0 Å². The van der Waals surface area contributed by atoms with Crippen molar-refractivity contribution in [3.63, 3.8) is 0 Å². The standard InChI is InChI=1S/C10H11ClF2O3S/c1-2-3-4-16-10-8(13)5-7(12)6-9(10)17(11,14)15/h5-6H,2-4H2,1H3. The summed E-state index contributed by atoms with van der Waals surface area (Å²) < 4.78 is 53.6. The first-order valence-corrected chi connectivity index (χ1v) is 7.23. The molecular formula is C10H11ClF2O3S. The molecule has 0 aromatic heterocycles. The van der Waals surface area contributed by atoms with E-state index in [1.54, 1.807) is 0 Å². The van der Waals surface area contributed by atoms with Crippen LogP contribution >= 0.6 is 10.7 Å². The first kappa shape index (κ1) is 14.2. The SMILES string of the molecule is CCCCOc1c(F)cc(F)cc1S(=O)(=O)Cl. The molecule has 0 amide bonds. The minimum absolute atomic E-state index is 0.137. The molecule has 0 spiro atoms. The zero-order valence-electron chi connectivity index (χ0n) is 9.04. The molecule has 17 heavy (non-hydrogen) atoms. The second-order valence-corrected chi connectivity index (χ2v) is 5.89. The van der Waals surface area contributed by atoms with E-state index in [9.17, 15) is 17.2 Å². The lowest BCUT2D eigenvalue weighted by atomic mass is 10.3. The van der Waals surface area contributed by atoms with Crippen molar-refractivity contribution < 1.29 is 21.9 Å². The molecule has 0 saturated heterocycles. The van der Waals surface area contributed by atoms with Crippen LogP contribution in [0.4, 0.5) is 8.78 Å². The van der Waals surface area contributed by atoms with Crippen LogP contribution in [0.5, 0.6) is 5.75 Å². The molecule has 0 unspecified atom stereocenters. The van der Waals surface area contributed by atoms with Gasteiger partial charge in [0.05, 0.1) is 6.61 Å². The Balaban J connectivity index is 3.17. The molecule has 7 heteroatoms. The van der Waals surface area contributed by atoms with Crippen LogP contribution in [-0.4, -0.2) is 15.0 Å². The summed E-state index contributed by atoms with van der Waals surface area (Å²) in [5.41, 5.74) is 0. The molecule has 96 valence electrons. The van der Waals surface area contributed by atoms with Gasteiger partial charge in [0.25, 0.3) is 9.05 Å². The van der Waals surface area contributed by atoms with Crippen molar-refractivity contribution in [1.29, 1.82) is 0 Å². The molecule has 0 bridgehead atoms. The zero-order valence-corrected chi connectivity index (χ0v) is 10.6. The molecule has 1 aromatic carbocycles. The van der Waals surface area contributed by atoms with Gasteiger partial charge in [-0.1, -0.05) is 13.3 Å². The normalized spacial score (nSPS) is 11.5. The molecule has 3 nitrogen and oxygen atoms in total. The van der Waals surface area contributed by atoms with Crippen LogP contribution in [0.2, 0.25) is 0 Å². The van der Waals surface area contributed by atoms with Crippen molar-refractivity contribution >= 4 is 19.7 Å². The van der Waals surface area contributed by atoms with Gasteiger partial charge in [0, 0.05) is 16.7 Å². The maximum Gasteiger partial charge on any atom is 0.265 e. The minimum atomic E-state index is -4.25. The predicted octanol–water partition coefficient (Wildman–Crippen LogP) is 3.07. The number of benzene rings is 1. The van der Waals surface area contributed by atoms with Crippen LogP contribution in [0, 0.1) is 11.6 Å². The van der Waals surface area contributed by atoms with Crippen LogP contribution in [0.1, 0.15) is 19.8 Å². The quantitative estimate of drug-likeness (QED) is 0.616. The first-order chi connectivity index (χ1) is 7.86. The Hall–Kier alpha value is -0.880. The number of hydrogen-bond acceptors (Lipinski definition) is 3. The van der Waals surface area contributed by atoms with Crippen molar-refractivity contribution in [3.05, 3.63) is 23.8 Å². The van der Waals surface area contributed by atoms with Gasteiger partial charge < -0.3 is 4.74 Å². The number of rotatable bonds is 5. The third-order valence-corrected chi connectivity index (χ3v) is 3.31. The second kappa shape index (κ2) is 5.64. The summed E-state index contributed by atoms with van der Waals surface area (Å²) in [7, 11) is 0.831. The molecule has 0 aliphatic heterocycles. The van der Waals surface area contributed by atoms with Crippen molar-refractivity contribution in [2.24, 2.45) is 0 Å². The van der Waals surface area contributed by atoms with Crippen molar-refractivity contribution in [1.82, 2.24) is 0 Å². The average Bonchev–Trinajstić information content (AvgIpc) is 2.19. The topological polar surface area (TPSA) is 43.4 Å². The summed E-state index contributed by atoms with van der Waals surface area (Å²) in [6, 6.07) is 1.18. The summed E-state index contributed by atoms with van der Waals surface area (Å²) in [5, 5.41) is 0. The van der Waals surface area contributed by atoms with Crippen molar-refractivity contribution in [3.8, 4) is 5.75 Å². The van der Waals surface area contributed by atoms with E-state index in [2.05, 4.69) is 0 Å². The van der Waals surface area contributed by atoms with E-state index >= 15 is 0 Å². The molecule has 0 aliphatic carbocycles. The fourth-order valence-corrected chi connectivity index (χ4v) is 2.15. The molecule has 0 saturated carbocycles. The van der Waals surface area contributed by atoms with Crippen molar-refractivity contribution in [2.45, 2.75) is 24.7 Å². The highest BCUT2D eigenvalue weighted by atomic mass is 35.7. The average molecular weight is 285 g/mol. The molecule has 1 rings (SSSR count). The first-order valence-electron chi connectivity index (χ1n) is 4.92. The second-order valence-electron chi connectivity index (χ2n) is 3.35. The highest BCUT2D eigenvalue weighted by molar-refractivity contribution is 8.13. The van der Waals surface area contributed by atoms with Gasteiger partial charge >= 0.3 is 0 Å². The summed E-state index contributed by atoms with van der Waals surface area (Å²) >= 11 is 0. The van der Waals surface area contributed by atoms with Gasteiger partial charge in [0.15, 0.2) is 11.6 Å². The molecule has 0 aliphatic rings. The molecule has 0 N–H and O–H groups in total. The van der Waals surface area contributed by atoms with Gasteiger partial charge in [0.1, 0.15) is 10.7 Å². The number of ether oxygens (including phenoxy) is 1. The third-order valence-electron chi connectivity index (χ3n) is 1.98. The van der Waals surface area contributed by atoms with Crippen molar-refractivity contribution in [2.75, 3.05) is 6.61 Å². The van der Waals surface area contributed by atoms with E-state index in [1.807, 2.05) is 6.92 Å². The van der Waals surface area contributed by atoms with Gasteiger partial charge in [-0.3, -0.25) is 0 Å². The molecule has 1 aromatic rings. The van der Waals surface area contributed by atoms with Gasteiger partial charge in [-0.2, -0.15) is 0 Å². The maximum absolute atomic E-state index is 13.4. The van der Waals surface area contributed by atoms with Crippen LogP contribution in [0.25, 0.3) is 0 Å². The van der Waals surface area contributed by atoms with E-state index in [0.717, 1.165) is 6.42 Å². The lowest BCUT2D eigenvalue weighted by Crippen LogP contribution is -2.05. The lowest BCUT2D eigenvalue weighted by Gasteiger charge is -2.10. The Bertz CT molecular complexity index is 503. The fraction of sp³-hybridized carbons (Fsp3) is 0.400. The van der Waals surface area contributed by atoms with Gasteiger partial charge in [-0.25, -0.2) is 17.2 Å². The van der Waals surface area contributed by atoms with Gasteiger partial charge in [-0.05, 0) is 12.5 Å². The number of hydrogen-bond donors (Lipinski definition) is 0. The smallest absolute Gasteiger partial charge is 0.265 e. The van der Waals surface area contributed by atoms with E-state index in [0.29, 0.717) is 18.6 Å². The highest BCUT2D eigenvalue weighted by Crippen LogP contribution is 2.31. The minimum Gasteiger partial charge on any atom is -0.489 e. The maximum atomic E-state index is 13.4. The Labute approximate surface area is 103 Å². The summed E-state index contributed by atoms with van der Waals surface area (Å²) in [6.45, 7) is 2.03. The molecule has 0 atom stereocenters. The van der Waals surface area contributed by atoms with E-state index in [-0.39, 0.29) is 6.61 Å². The Morgan fingerprint density at radius 2 is 2.00 bits per heavy atom. The molecule has 0 radical (unpaired) electrons. The van der Waals surface area contributed by atoms with Crippen LogP contribution < -0.4 is 4.74 Å². The molecular weight excluding hydrogens is 274 g/mol. The number of unbranched alkanes of at least 4 members (excludes halogenated alkanes) is 1. The van der Waals surface area contributed by atoms with Crippen LogP contribution in [0.3, 0.4) is 0 Å². The molecule has 0 fully saturated rings. The van der Waals surface area contributed by atoms with E-state index in [1.165, 1.54) is 0 Å². The highest BCUT2D eigenvalue weighted by Gasteiger charge is 2.22. The summed E-state index contributed by atoms with van der Waals surface area (Å²) in [6.07, 6.45) is 1.42. The Kier molecular flexibility index (Phi) is 4.70. The van der Waals surface area contributed by atoms with E-state index in [4.69, 9.17) is 15.4 Å². The van der Waals surface area contributed by atoms with E-state index < -0.39 is 31.3 Å². The Morgan fingerprint density at radius 3 is 2.53 bits per heavy atom. The lowest BCUT2D eigenvalue weighted by molar-refractivity contribution is 0.285. The van der Waals surface area contributed by atoms with Gasteiger partial charge in [0.2, 0.25) is 0 Å². The monoisotopic (exact) mass is 284 g/mol. The number of halogens is 3. The summed E-state index contributed by atoms with van der Waals surface area (Å²) in [5.74, 6) is -2.64. The van der Waals surface area contributed by atoms with Crippen LogP contribution in [-0.2, 0) is 9.05 Å². The fourth-order valence-electron chi connectivity index (χ4n) is 1.18. The third kappa shape index (κ3) is 3.81. The Morgan fingerprint density at radius 1 is 1.35 bits per heavy atom. The predicted molar refractivity (Wildman–Crippen MR) is 59.8 cm³/mol.